The molecular formula is C25H26N4O. The zero-order valence-electron chi connectivity index (χ0n) is 17.5. The van der Waals surface area contributed by atoms with Gasteiger partial charge < -0.3 is 16.0 Å². The number of hydrogen-bond donors (Lipinski definition) is 3. The highest BCUT2D eigenvalue weighted by molar-refractivity contribution is 5.97. The van der Waals surface area contributed by atoms with Crippen LogP contribution in [0.3, 0.4) is 0 Å². The summed E-state index contributed by atoms with van der Waals surface area (Å²) in [7, 11) is 0. The maximum atomic E-state index is 12.3. The summed E-state index contributed by atoms with van der Waals surface area (Å²) in [6, 6.07) is 18.4. The fourth-order valence-electron chi connectivity index (χ4n) is 3.91. The Morgan fingerprint density at radius 1 is 0.967 bits per heavy atom. The van der Waals surface area contributed by atoms with Crippen LogP contribution in [0.1, 0.15) is 27.3 Å². The number of fused-ring (bicyclic) bond motifs is 1. The van der Waals surface area contributed by atoms with E-state index in [0.717, 1.165) is 44.9 Å². The quantitative estimate of drug-likeness (QED) is 0.462. The van der Waals surface area contributed by atoms with Crippen molar-refractivity contribution in [3.63, 3.8) is 0 Å². The van der Waals surface area contributed by atoms with E-state index < -0.39 is 0 Å². The lowest BCUT2D eigenvalue weighted by atomic mass is 10.0. The standard InChI is InChI=1S/C25H26N4O/c1-15-11-21(12-16(2)28-15)18-7-8-22-17(3)24(29-23(22)14-18)19-5-4-6-20(13-19)25(30)27-10-9-26/h4-8,11-14,29H,9-10,26H2,1-3H3,(H,27,30). The van der Waals surface area contributed by atoms with Crippen molar-refractivity contribution in [1.82, 2.24) is 15.3 Å². The van der Waals surface area contributed by atoms with Crippen LogP contribution >= 0.6 is 0 Å². The van der Waals surface area contributed by atoms with Crippen molar-refractivity contribution in [2.75, 3.05) is 13.1 Å². The maximum absolute atomic E-state index is 12.3. The second-order valence-corrected chi connectivity index (χ2v) is 7.65. The normalized spacial score (nSPS) is 11.1. The average Bonchev–Trinajstić information content (AvgIpc) is 3.07. The molecule has 152 valence electrons. The van der Waals surface area contributed by atoms with Gasteiger partial charge in [-0.25, -0.2) is 0 Å². The Morgan fingerprint density at radius 2 is 1.73 bits per heavy atom. The number of pyridine rings is 1. The van der Waals surface area contributed by atoms with Crippen LogP contribution in [0.4, 0.5) is 0 Å². The summed E-state index contributed by atoms with van der Waals surface area (Å²) in [4.78, 5) is 20.4. The highest BCUT2D eigenvalue weighted by atomic mass is 16.1. The largest absolute Gasteiger partial charge is 0.354 e. The first kappa shape index (κ1) is 19.9. The van der Waals surface area contributed by atoms with Gasteiger partial charge in [-0.2, -0.15) is 0 Å². The summed E-state index contributed by atoms with van der Waals surface area (Å²) >= 11 is 0. The third kappa shape index (κ3) is 3.84. The van der Waals surface area contributed by atoms with Crippen LogP contribution in [0.2, 0.25) is 0 Å². The zero-order valence-corrected chi connectivity index (χ0v) is 17.5. The molecule has 4 N–H and O–H groups in total. The van der Waals surface area contributed by atoms with Gasteiger partial charge in [0.1, 0.15) is 0 Å². The molecule has 0 saturated carbocycles. The fraction of sp³-hybridized carbons (Fsp3) is 0.200. The smallest absolute Gasteiger partial charge is 0.251 e. The van der Waals surface area contributed by atoms with Crippen LogP contribution in [0.25, 0.3) is 33.3 Å². The predicted octanol–water partition coefficient (Wildman–Crippen LogP) is 4.51. The van der Waals surface area contributed by atoms with E-state index in [1.807, 2.05) is 38.1 Å². The SMILES string of the molecule is Cc1cc(-c2ccc3c(C)c(-c4cccc(C(=O)NCCN)c4)[nH]c3c2)cc(C)n1. The number of aryl methyl sites for hydroxylation is 3. The van der Waals surface area contributed by atoms with Gasteiger partial charge in [-0.05, 0) is 73.4 Å². The number of nitrogens with zero attached hydrogens (tertiary/aromatic N) is 1. The number of aromatic nitrogens is 2. The minimum atomic E-state index is -0.109. The predicted molar refractivity (Wildman–Crippen MR) is 123 cm³/mol. The molecule has 0 spiro atoms. The fourth-order valence-corrected chi connectivity index (χ4v) is 3.91. The van der Waals surface area contributed by atoms with Gasteiger partial charge in [0.25, 0.3) is 5.91 Å². The number of rotatable bonds is 5. The maximum Gasteiger partial charge on any atom is 0.251 e. The van der Waals surface area contributed by atoms with Crippen molar-refractivity contribution in [3.8, 4) is 22.4 Å². The molecule has 0 atom stereocenters. The molecular weight excluding hydrogens is 372 g/mol. The molecule has 1 amide bonds. The lowest BCUT2D eigenvalue weighted by Gasteiger charge is -2.06. The molecule has 0 fully saturated rings. The summed E-state index contributed by atoms with van der Waals surface area (Å²) in [6.45, 7) is 7.03. The monoisotopic (exact) mass is 398 g/mol. The highest BCUT2D eigenvalue weighted by Gasteiger charge is 2.13. The zero-order chi connectivity index (χ0) is 21.3. The van der Waals surface area contributed by atoms with E-state index in [-0.39, 0.29) is 5.91 Å². The van der Waals surface area contributed by atoms with Gasteiger partial charge >= 0.3 is 0 Å². The third-order valence-electron chi connectivity index (χ3n) is 5.32. The van der Waals surface area contributed by atoms with Gasteiger partial charge in [0.05, 0.1) is 0 Å². The Hall–Kier alpha value is -3.44. The van der Waals surface area contributed by atoms with Crippen molar-refractivity contribution in [3.05, 3.63) is 77.1 Å². The third-order valence-corrected chi connectivity index (χ3v) is 5.32. The number of nitrogens with one attached hydrogen (secondary N) is 2. The molecule has 0 radical (unpaired) electrons. The second-order valence-electron chi connectivity index (χ2n) is 7.65. The molecule has 5 heteroatoms. The molecule has 0 aliphatic rings. The molecule has 4 rings (SSSR count). The number of hydrogen-bond acceptors (Lipinski definition) is 3. The second kappa shape index (κ2) is 8.13. The van der Waals surface area contributed by atoms with Crippen molar-refractivity contribution in [2.24, 2.45) is 5.73 Å². The molecule has 0 unspecified atom stereocenters. The molecule has 4 aromatic rings. The molecule has 0 aliphatic heterocycles. The Morgan fingerprint density at radius 3 is 2.47 bits per heavy atom. The lowest BCUT2D eigenvalue weighted by molar-refractivity contribution is 0.0955. The van der Waals surface area contributed by atoms with Crippen LogP contribution < -0.4 is 11.1 Å². The molecule has 2 aromatic carbocycles. The van der Waals surface area contributed by atoms with E-state index >= 15 is 0 Å². The molecule has 0 aliphatic carbocycles. The van der Waals surface area contributed by atoms with E-state index in [1.165, 1.54) is 5.39 Å². The molecule has 0 bridgehead atoms. The molecule has 30 heavy (non-hydrogen) atoms. The van der Waals surface area contributed by atoms with E-state index in [9.17, 15) is 4.79 Å². The first-order valence-corrected chi connectivity index (χ1v) is 10.1. The van der Waals surface area contributed by atoms with Crippen LogP contribution in [0.5, 0.6) is 0 Å². The van der Waals surface area contributed by atoms with Gasteiger partial charge in [0.15, 0.2) is 0 Å². The Bertz CT molecular complexity index is 1220. The summed E-state index contributed by atoms with van der Waals surface area (Å²) < 4.78 is 0. The number of amides is 1. The number of carbonyl (C=O) groups excluding carboxylic acids is 1. The van der Waals surface area contributed by atoms with Gasteiger partial charge in [-0.3, -0.25) is 9.78 Å². The number of nitrogens with two attached hydrogens (primary N) is 1. The summed E-state index contributed by atoms with van der Waals surface area (Å²) in [5, 5.41) is 4.00. The Kier molecular flexibility index (Phi) is 5.38. The van der Waals surface area contributed by atoms with E-state index in [0.29, 0.717) is 18.7 Å². The summed E-state index contributed by atoms with van der Waals surface area (Å²) in [5.74, 6) is -0.109. The Balaban J connectivity index is 1.74. The molecule has 2 aromatic heterocycles. The first-order chi connectivity index (χ1) is 14.5. The van der Waals surface area contributed by atoms with Crippen molar-refractivity contribution in [1.29, 1.82) is 0 Å². The highest BCUT2D eigenvalue weighted by Crippen LogP contribution is 2.33. The number of carbonyl (C=O) groups is 1. The van der Waals surface area contributed by atoms with Crippen LogP contribution in [-0.2, 0) is 0 Å². The van der Waals surface area contributed by atoms with Gasteiger partial charge in [0, 0.05) is 46.6 Å². The lowest BCUT2D eigenvalue weighted by Crippen LogP contribution is -2.28. The first-order valence-electron chi connectivity index (χ1n) is 10.1. The van der Waals surface area contributed by atoms with E-state index in [2.05, 4.69) is 52.5 Å². The number of benzene rings is 2. The molecule has 5 nitrogen and oxygen atoms in total. The summed E-state index contributed by atoms with van der Waals surface area (Å²) in [5.41, 5.74) is 14.7. The molecule has 0 saturated heterocycles. The minimum Gasteiger partial charge on any atom is -0.354 e. The Labute approximate surface area is 176 Å². The van der Waals surface area contributed by atoms with E-state index in [1.54, 1.807) is 0 Å². The van der Waals surface area contributed by atoms with Gasteiger partial charge in [-0.1, -0.05) is 24.3 Å². The van der Waals surface area contributed by atoms with Crippen molar-refractivity contribution >= 4 is 16.8 Å². The average molecular weight is 399 g/mol. The van der Waals surface area contributed by atoms with Gasteiger partial charge in [-0.15, -0.1) is 0 Å². The van der Waals surface area contributed by atoms with Gasteiger partial charge in [0.2, 0.25) is 0 Å². The minimum absolute atomic E-state index is 0.109. The topological polar surface area (TPSA) is 83.8 Å². The number of H-pyrrole nitrogens is 1. The molecule has 2 heterocycles. The van der Waals surface area contributed by atoms with Crippen molar-refractivity contribution < 1.29 is 4.79 Å². The van der Waals surface area contributed by atoms with Crippen LogP contribution in [0.15, 0.2) is 54.6 Å². The van der Waals surface area contributed by atoms with Crippen LogP contribution in [-0.4, -0.2) is 29.0 Å². The number of aromatic amines is 1. The van der Waals surface area contributed by atoms with Crippen molar-refractivity contribution in [2.45, 2.75) is 20.8 Å². The van der Waals surface area contributed by atoms with Crippen LogP contribution in [0, 0.1) is 20.8 Å². The van der Waals surface area contributed by atoms with E-state index in [4.69, 9.17) is 5.73 Å². The summed E-state index contributed by atoms with van der Waals surface area (Å²) in [6.07, 6.45) is 0.